The molecule has 88 valence electrons. The minimum Gasteiger partial charge on any atom is -0.398 e. The predicted molar refractivity (Wildman–Crippen MR) is 73.7 cm³/mol. The van der Waals surface area contributed by atoms with Crippen LogP contribution in [0.15, 0.2) is 16.6 Å². The van der Waals surface area contributed by atoms with Gasteiger partial charge in [0.25, 0.3) is 0 Å². The average molecular weight is 283 g/mol. The number of hydrogen-bond donors (Lipinski definition) is 2. The Bertz CT molecular complexity index is 386. The van der Waals surface area contributed by atoms with E-state index in [0.29, 0.717) is 0 Å². The second-order valence-corrected chi connectivity index (χ2v) is 5.74. The van der Waals surface area contributed by atoms with Crippen LogP contribution in [-0.2, 0) is 0 Å². The van der Waals surface area contributed by atoms with E-state index in [0.717, 1.165) is 39.8 Å². The average Bonchev–Trinajstić information content (AvgIpc) is 3.04. The minimum atomic E-state index is 0.768. The van der Waals surface area contributed by atoms with E-state index in [-0.39, 0.29) is 0 Å². The Balaban J connectivity index is 2.00. The van der Waals surface area contributed by atoms with Gasteiger partial charge in [-0.1, -0.05) is 6.92 Å². The first-order valence-electron chi connectivity index (χ1n) is 5.87. The molecule has 1 fully saturated rings. The van der Waals surface area contributed by atoms with E-state index in [4.69, 9.17) is 5.73 Å². The molecule has 1 atom stereocenters. The smallest absolute Gasteiger partial charge is 0.0488 e. The molecular formula is C13H19BrN2. The number of nitrogen functional groups attached to an aromatic ring is 1. The molecule has 2 nitrogen and oxygen atoms in total. The van der Waals surface area contributed by atoms with Gasteiger partial charge in [0, 0.05) is 22.4 Å². The Morgan fingerprint density at radius 3 is 2.81 bits per heavy atom. The molecule has 1 aromatic rings. The van der Waals surface area contributed by atoms with Crippen LogP contribution in [0, 0.1) is 18.8 Å². The molecule has 0 heterocycles. The summed E-state index contributed by atoms with van der Waals surface area (Å²) in [6, 6.07) is 4.08. The van der Waals surface area contributed by atoms with Crippen LogP contribution in [0.4, 0.5) is 11.4 Å². The quantitative estimate of drug-likeness (QED) is 0.825. The number of anilines is 2. The Hall–Kier alpha value is -0.700. The monoisotopic (exact) mass is 282 g/mol. The van der Waals surface area contributed by atoms with E-state index in [9.17, 15) is 0 Å². The fourth-order valence-corrected chi connectivity index (χ4v) is 2.44. The number of rotatable bonds is 4. The maximum Gasteiger partial charge on any atom is 0.0488 e. The summed E-state index contributed by atoms with van der Waals surface area (Å²) in [6.45, 7) is 5.41. The van der Waals surface area contributed by atoms with Crippen molar-refractivity contribution in [3.63, 3.8) is 0 Å². The van der Waals surface area contributed by atoms with E-state index >= 15 is 0 Å². The predicted octanol–water partition coefficient (Wildman–Crippen LogP) is 3.80. The third-order valence-electron chi connectivity index (χ3n) is 3.40. The van der Waals surface area contributed by atoms with Gasteiger partial charge in [-0.3, -0.25) is 0 Å². The normalized spacial score (nSPS) is 17.2. The second-order valence-electron chi connectivity index (χ2n) is 4.88. The van der Waals surface area contributed by atoms with Crippen molar-refractivity contribution in [1.82, 2.24) is 0 Å². The van der Waals surface area contributed by atoms with Crippen molar-refractivity contribution in [1.29, 1.82) is 0 Å². The highest BCUT2D eigenvalue weighted by Gasteiger charge is 2.27. The number of nitrogens with two attached hydrogens (primary N) is 1. The topological polar surface area (TPSA) is 38.0 Å². The Morgan fingerprint density at radius 2 is 2.19 bits per heavy atom. The third-order valence-corrected chi connectivity index (χ3v) is 4.05. The van der Waals surface area contributed by atoms with Gasteiger partial charge < -0.3 is 11.1 Å². The first kappa shape index (κ1) is 11.8. The summed E-state index contributed by atoms with van der Waals surface area (Å²) in [7, 11) is 0. The van der Waals surface area contributed by atoms with Crippen molar-refractivity contribution in [3.05, 3.63) is 22.2 Å². The van der Waals surface area contributed by atoms with Gasteiger partial charge in [0.2, 0.25) is 0 Å². The highest BCUT2D eigenvalue weighted by Crippen LogP contribution is 2.37. The molecule has 1 aromatic carbocycles. The first-order valence-corrected chi connectivity index (χ1v) is 6.66. The van der Waals surface area contributed by atoms with E-state index < -0.39 is 0 Å². The Kier molecular flexibility index (Phi) is 3.43. The molecule has 1 aliphatic rings. The molecular weight excluding hydrogens is 264 g/mol. The van der Waals surface area contributed by atoms with E-state index in [2.05, 4.69) is 34.2 Å². The van der Waals surface area contributed by atoms with Crippen LogP contribution in [0.5, 0.6) is 0 Å². The molecule has 16 heavy (non-hydrogen) atoms. The van der Waals surface area contributed by atoms with Crippen molar-refractivity contribution >= 4 is 27.3 Å². The summed E-state index contributed by atoms with van der Waals surface area (Å²) in [4.78, 5) is 0. The largest absolute Gasteiger partial charge is 0.398 e. The zero-order valence-corrected chi connectivity index (χ0v) is 11.5. The third kappa shape index (κ3) is 2.70. The molecule has 0 aromatic heterocycles. The van der Waals surface area contributed by atoms with Gasteiger partial charge in [0.05, 0.1) is 0 Å². The zero-order chi connectivity index (χ0) is 11.7. The Labute approximate surface area is 106 Å². The van der Waals surface area contributed by atoms with Gasteiger partial charge in [-0.15, -0.1) is 0 Å². The van der Waals surface area contributed by atoms with Crippen molar-refractivity contribution in [2.24, 2.45) is 11.8 Å². The van der Waals surface area contributed by atoms with Gasteiger partial charge in [-0.2, -0.15) is 0 Å². The zero-order valence-electron chi connectivity index (χ0n) is 9.89. The van der Waals surface area contributed by atoms with Crippen LogP contribution in [0.1, 0.15) is 25.3 Å². The van der Waals surface area contributed by atoms with Gasteiger partial charge in [0.15, 0.2) is 0 Å². The van der Waals surface area contributed by atoms with Crippen LogP contribution >= 0.6 is 15.9 Å². The molecule has 0 saturated heterocycles. The SMILES string of the molecule is Cc1cc(NCC(C)C2CC2)c(Br)cc1N. The lowest BCUT2D eigenvalue weighted by Crippen LogP contribution is -2.13. The molecule has 0 radical (unpaired) electrons. The summed E-state index contributed by atoms with van der Waals surface area (Å²) >= 11 is 3.54. The van der Waals surface area contributed by atoms with Crippen molar-refractivity contribution in [2.75, 3.05) is 17.6 Å². The molecule has 0 bridgehead atoms. The Morgan fingerprint density at radius 1 is 1.50 bits per heavy atom. The maximum absolute atomic E-state index is 5.85. The second kappa shape index (κ2) is 4.66. The van der Waals surface area contributed by atoms with Crippen molar-refractivity contribution in [2.45, 2.75) is 26.7 Å². The van der Waals surface area contributed by atoms with E-state index in [1.165, 1.54) is 12.8 Å². The lowest BCUT2D eigenvalue weighted by Gasteiger charge is -2.15. The summed E-state index contributed by atoms with van der Waals surface area (Å²) in [5, 5.41) is 3.50. The van der Waals surface area contributed by atoms with E-state index in [1.807, 2.05) is 13.0 Å². The van der Waals surface area contributed by atoms with Crippen molar-refractivity contribution in [3.8, 4) is 0 Å². The molecule has 3 N–H and O–H groups in total. The number of halogens is 1. The molecule has 2 rings (SSSR count). The summed E-state index contributed by atoms with van der Waals surface area (Å²) in [6.07, 6.45) is 2.82. The molecule has 1 unspecified atom stereocenters. The molecule has 0 aliphatic heterocycles. The van der Waals surface area contributed by atoms with Gasteiger partial charge in [0.1, 0.15) is 0 Å². The van der Waals surface area contributed by atoms with Gasteiger partial charge >= 0.3 is 0 Å². The molecule has 0 amide bonds. The highest BCUT2D eigenvalue weighted by molar-refractivity contribution is 9.10. The number of aryl methyl sites for hydroxylation is 1. The van der Waals surface area contributed by atoms with Crippen LogP contribution in [0.3, 0.4) is 0 Å². The molecule has 1 aliphatic carbocycles. The molecule has 0 spiro atoms. The van der Waals surface area contributed by atoms with Crippen LogP contribution in [0.25, 0.3) is 0 Å². The van der Waals surface area contributed by atoms with Gasteiger partial charge in [-0.25, -0.2) is 0 Å². The lowest BCUT2D eigenvalue weighted by atomic mass is 10.1. The standard InChI is InChI=1S/C13H19BrN2/c1-8-5-13(11(14)6-12(8)15)16-7-9(2)10-3-4-10/h5-6,9-10,16H,3-4,7,15H2,1-2H3. The lowest BCUT2D eigenvalue weighted by molar-refractivity contribution is 0.536. The first-order chi connectivity index (χ1) is 7.58. The highest BCUT2D eigenvalue weighted by atomic mass is 79.9. The van der Waals surface area contributed by atoms with Crippen LogP contribution in [-0.4, -0.2) is 6.54 Å². The number of hydrogen-bond acceptors (Lipinski definition) is 2. The summed E-state index contributed by atoms with van der Waals surface area (Å²) < 4.78 is 1.05. The number of nitrogens with one attached hydrogen (secondary N) is 1. The molecule has 1 saturated carbocycles. The van der Waals surface area contributed by atoms with Gasteiger partial charge in [-0.05, 0) is 65.2 Å². The minimum absolute atomic E-state index is 0.768. The summed E-state index contributed by atoms with van der Waals surface area (Å²) in [5.41, 5.74) is 8.97. The van der Waals surface area contributed by atoms with Crippen LogP contribution in [0.2, 0.25) is 0 Å². The van der Waals surface area contributed by atoms with E-state index in [1.54, 1.807) is 0 Å². The maximum atomic E-state index is 5.85. The van der Waals surface area contributed by atoms with Crippen molar-refractivity contribution < 1.29 is 0 Å². The molecule has 3 heteroatoms. The fourth-order valence-electron chi connectivity index (χ4n) is 1.94. The fraction of sp³-hybridized carbons (Fsp3) is 0.538. The summed E-state index contributed by atoms with van der Waals surface area (Å²) in [5.74, 6) is 1.71. The number of benzene rings is 1. The van der Waals surface area contributed by atoms with Crippen LogP contribution < -0.4 is 11.1 Å².